The summed E-state index contributed by atoms with van der Waals surface area (Å²) in [4.78, 5) is 22.9. The van der Waals surface area contributed by atoms with E-state index in [1.165, 1.54) is 7.11 Å². The topological polar surface area (TPSA) is 55.4 Å². The molecule has 0 aliphatic carbocycles. The summed E-state index contributed by atoms with van der Waals surface area (Å²) in [6, 6.07) is 5.82. The monoisotopic (exact) mass is 247 g/mol. The van der Waals surface area contributed by atoms with Crippen LogP contribution < -0.4 is 5.32 Å². The lowest BCUT2D eigenvalue weighted by molar-refractivity contribution is -0.150. The molecule has 0 saturated carbocycles. The number of nitrogens with one attached hydrogen (secondary N) is 1. The van der Waals surface area contributed by atoms with Crippen molar-refractivity contribution in [2.75, 3.05) is 12.4 Å². The number of carbonyl (C=O) groups excluding carboxylic acids is 2. The average Bonchev–Trinajstić information content (AvgIpc) is 2.66. The van der Waals surface area contributed by atoms with Gasteiger partial charge in [0.1, 0.15) is 0 Å². The van der Waals surface area contributed by atoms with Gasteiger partial charge < -0.3 is 10.1 Å². The fraction of sp³-hybridized carbons (Fsp3) is 0.429. The Hall–Kier alpha value is -1.84. The molecule has 2 rings (SSSR count). The second-order valence-electron chi connectivity index (χ2n) is 5.27. The summed E-state index contributed by atoms with van der Waals surface area (Å²) in [6.45, 7) is 3.71. The smallest absolute Gasteiger partial charge is 0.311 e. The fourth-order valence-corrected chi connectivity index (χ4v) is 2.25. The predicted molar refractivity (Wildman–Crippen MR) is 68.3 cm³/mol. The first-order valence-electron chi connectivity index (χ1n) is 5.92. The highest BCUT2D eigenvalue weighted by atomic mass is 16.5. The van der Waals surface area contributed by atoms with Crippen molar-refractivity contribution in [3.8, 4) is 0 Å². The van der Waals surface area contributed by atoms with Gasteiger partial charge in [-0.15, -0.1) is 0 Å². The second kappa shape index (κ2) is 4.44. The van der Waals surface area contributed by atoms with Crippen LogP contribution in [0.5, 0.6) is 0 Å². The highest BCUT2D eigenvalue weighted by molar-refractivity contribution is 5.99. The molecule has 1 aromatic rings. The number of hydrogen-bond donors (Lipinski definition) is 1. The minimum atomic E-state index is -0.557. The van der Waals surface area contributed by atoms with Crippen LogP contribution in [0.15, 0.2) is 18.2 Å². The van der Waals surface area contributed by atoms with Crippen molar-refractivity contribution in [2.45, 2.75) is 26.7 Å². The molecule has 1 aromatic carbocycles. The van der Waals surface area contributed by atoms with E-state index in [1.54, 1.807) is 0 Å². The fourth-order valence-electron chi connectivity index (χ4n) is 2.25. The maximum Gasteiger partial charge on any atom is 0.311 e. The molecular formula is C14H17NO3. The second-order valence-corrected chi connectivity index (χ2v) is 5.27. The van der Waals surface area contributed by atoms with E-state index in [0.717, 1.165) is 16.8 Å². The summed E-state index contributed by atoms with van der Waals surface area (Å²) in [7, 11) is 1.40. The van der Waals surface area contributed by atoms with Gasteiger partial charge in [-0.25, -0.2) is 0 Å². The van der Waals surface area contributed by atoms with E-state index < -0.39 is 5.41 Å². The van der Waals surface area contributed by atoms with Crippen molar-refractivity contribution in [1.29, 1.82) is 0 Å². The number of rotatable bonds is 3. The van der Waals surface area contributed by atoms with Gasteiger partial charge in [-0.1, -0.05) is 12.1 Å². The van der Waals surface area contributed by atoms with Gasteiger partial charge >= 0.3 is 5.97 Å². The number of fused-ring (bicyclic) bond motifs is 1. The quantitative estimate of drug-likeness (QED) is 0.830. The van der Waals surface area contributed by atoms with Gasteiger partial charge in [-0.2, -0.15) is 0 Å². The third-order valence-electron chi connectivity index (χ3n) is 3.18. The number of ether oxygens (including phenoxy) is 1. The summed E-state index contributed by atoms with van der Waals surface area (Å²) < 4.78 is 4.79. The zero-order valence-electron chi connectivity index (χ0n) is 10.9. The van der Waals surface area contributed by atoms with Gasteiger partial charge in [0.25, 0.3) is 0 Å². The predicted octanol–water partition coefficient (Wildman–Crippen LogP) is 1.92. The Morgan fingerprint density at radius 2 is 2.17 bits per heavy atom. The summed E-state index contributed by atoms with van der Waals surface area (Å²) in [5.41, 5.74) is 2.36. The number of benzene rings is 1. The Morgan fingerprint density at radius 1 is 1.44 bits per heavy atom. The van der Waals surface area contributed by atoms with Crippen molar-refractivity contribution < 1.29 is 14.3 Å². The van der Waals surface area contributed by atoms with E-state index >= 15 is 0 Å². The molecule has 0 unspecified atom stereocenters. The van der Waals surface area contributed by atoms with E-state index in [1.807, 2.05) is 32.0 Å². The zero-order valence-corrected chi connectivity index (χ0v) is 10.9. The lowest BCUT2D eigenvalue weighted by Gasteiger charge is -2.21. The number of anilines is 1. The third kappa shape index (κ3) is 2.37. The van der Waals surface area contributed by atoms with E-state index in [-0.39, 0.29) is 11.9 Å². The lowest BCUT2D eigenvalue weighted by Crippen LogP contribution is -2.28. The number of methoxy groups -OCH3 is 1. The van der Waals surface area contributed by atoms with Gasteiger partial charge in [0.05, 0.1) is 18.9 Å². The highest BCUT2D eigenvalue weighted by Gasteiger charge is 2.29. The molecule has 1 aliphatic rings. The van der Waals surface area contributed by atoms with E-state index in [4.69, 9.17) is 4.74 Å². The molecule has 1 heterocycles. The van der Waals surface area contributed by atoms with E-state index in [0.29, 0.717) is 12.8 Å². The molecule has 0 aromatic heterocycles. The summed E-state index contributed by atoms with van der Waals surface area (Å²) >= 11 is 0. The van der Waals surface area contributed by atoms with Crippen molar-refractivity contribution >= 4 is 17.6 Å². The Kier molecular flexibility index (Phi) is 3.11. The Balaban J connectivity index is 2.19. The summed E-state index contributed by atoms with van der Waals surface area (Å²) in [5.74, 6) is -0.202. The van der Waals surface area contributed by atoms with Crippen molar-refractivity contribution in [3.63, 3.8) is 0 Å². The first-order chi connectivity index (χ1) is 8.42. The number of hydrogen-bond acceptors (Lipinski definition) is 3. The number of amides is 1. The first-order valence-corrected chi connectivity index (χ1v) is 5.92. The molecule has 1 aliphatic heterocycles. The van der Waals surface area contributed by atoms with Gasteiger partial charge in [-0.05, 0) is 37.5 Å². The van der Waals surface area contributed by atoms with Crippen LogP contribution >= 0.6 is 0 Å². The number of carbonyl (C=O) groups is 2. The van der Waals surface area contributed by atoms with Gasteiger partial charge in [0.2, 0.25) is 5.91 Å². The summed E-state index contributed by atoms with van der Waals surface area (Å²) in [6.07, 6.45) is 1.02. The molecule has 0 bridgehead atoms. The van der Waals surface area contributed by atoms with Gasteiger partial charge in [0.15, 0.2) is 0 Å². The molecular weight excluding hydrogens is 230 g/mol. The molecule has 0 spiro atoms. The first kappa shape index (κ1) is 12.6. The minimum absolute atomic E-state index is 0.0226. The Bertz CT molecular complexity index is 506. The molecule has 4 heteroatoms. The molecule has 18 heavy (non-hydrogen) atoms. The maximum atomic E-state index is 11.6. The normalized spacial score (nSPS) is 14.1. The van der Waals surface area contributed by atoms with Crippen LogP contribution in [-0.2, 0) is 27.2 Å². The molecule has 4 nitrogen and oxygen atoms in total. The van der Waals surface area contributed by atoms with E-state index in [9.17, 15) is 9.59 Å². The van der Waals surface area contributed by atoms with Crippen LogP contribution in [-0.4, -0.2) is 19.0 Å². The molecule has 0 fully saturated rings. The maximum absolute atomic E-state index is 11.6. The molecule has 1 amide bonds. The van der Waals surface area contributed by atoms with Gasteiger partial charge in [-0.3, -0.25) is 9.59 Å². The van der Waals surface area contributed by atoms with Crippen molar-refractivity contribution in [1.82, 2.24) is 0 Å². The highest BCUT2D eigenvalue weighted by Crippen LogP contribution is 2.28. The van der Waals surface area contributed by atoms with Crippen LogP contribution in [0, 0.1) is 5.41 Å². The van der Waals surface area contributed by atoms with Crippen LogP contribution in [0.25, 0.3) is 0 Å². The summed E-state index contributed by atoms with van der Waals surface area (Å²) in [5, 5.41) is 2.79. The van der Waals surface area contributed by atoms with E-state index in [2.05, 4.69) is 5.32 Å². The Morgan fingerprint density at radius 3 is 2.83 bits per heavy atom. The SMILES string of the molecule is COC(=O)C(C)(C)Cc1ccc2c(c1)CC(=O)N2. The lowest BCUT2D eigenvalue weighted by atomic mass is 9.85. The van der Waals surface area contributed by atoms with Crippen LogP contribution in [0.1, 0.15) is 25.0 Å². The molecule has 1 N–H and O–H groups in total. The van der Waals surface area contributed by atoms with Crippen LogP contribution in [0.2, 0.25) is 0 Å². The standard InChI is InChI=1S/C14H17NO3/c1-14(2,13(17)18-3)8-9-4-5-11-10(6-9)7-12(16)15-11/h4-6H,7-8H2,1-3H3,(H,15,16). The van der Waals surface area contributed by atoms with Crippen LogP contribution in [0.4, 0.5) is 5.69 Å². The average molecular weight is 247 g/mol. The van der Waals surface area contributed by atoms with Gasteiger partial charge in [0, 0.05) is 5.69 Å². The molecule has 0 atom stereocenters. The van der Waals surface area contributed by atoms with Crippen molar-refractivity contribution in [2.24, 2.45) is 5.41 Å². The third-order valence-corrected chi connectivity index (χ3v) is 3.18. The van der Waals surface area contributed by atoms with Crippen molar-refractivity contribution in [3.05, 3.63) is 29.3 Å². The molecule has 0 saturated heterocycles. The minimum Gasteiger partial charge on any atom is -0.469 e. The number of esters is 1. The molecule has 96 valence electrons. The molecule has 0 radical (unpaired) electrons. The largest absolute Gasteiger partial charge is 0.469 e. The Labute approximate surface area is 106 Å². The van der Waals surface area contributed by atoms with Crippen LogP contribution in [0.3, 0.4) is 0 Å². The zero-order chi connectivity index (χ0) is 13.3.